The van der Waals surface area contributed by atoms with Crippen LogP contribution in [0.15, 0.2) is 18.7 Å². The maximum atomic E-state index is 10.6. The number of carboxylic acids is 1. The van der Waals surface area contributed by atoms with E-state index >= 15 is 0 Å². The molecule has 1 heterocycles. The molecule has 0 aromatic carbocycles. The van der Waals surface area contributed by atoms with Gasteiger partial charge in [-0.2, -0.15) is 13.2 Å². The Labute approximate surface area is 95.8 Å². The Morgan fingerprint density at radius 1 is 1.59 bits per heavy atom. The number of nitrogens with zero attached hydrogens (tertiary/aromatic N) is 2. The van der Waals surface area contributed by atoms with Gasteiger partial charge in [0, 0.05) is 19.5 Å². The second-order valence-electron chi connectivity index (χ2n) is 2.91. The zero-order valence-electron chi connectivity index (χ0n) is 9.31. The minimum absolute atomic E-state index is 0.141. The minimum Gasteiger partial charge on any atom is -0.475 e. The van der Waals surface area contributed by atoms with E-state index in [0.717, 1.165) is 6.42 Å². The lowest BCUT2D eigenvalue weighted by Gasteiger charge is -2.13. The van der Waals surface area contributed by atoms with Gasteiger partial charge >= 0.3 is 12.1 Å². The van der Waals surface area contributed by atoms with E-state index < -0.39 is 12.1 Å². The third-order valence-electron chi connectivity index (χ3n) is 1.72. The quantitative estimate of drug-likeness (QED) is 0.896. The van der Waals surface area contributed by atoms with Crippen LogP contribution in [-0.4, -0.2) is 33.9 Å². The van der Waals surface area contributed by atoms with Crippen LogP contribution in [-0.2, 0) is 9.53 Å². The van der Waals surface area contributed by atoms with Crippen molar-refractivity contribution in [1.82, 2.24) is 9.55 Å². The summed E-state index contributed by atoms with van der Waals surface area (Å²) in [6.45, 7) is 2.08. The first-order valence-corrected chi connectivity index (χ1v) is 4.63. The zero-order chi connectivity index (χ0) is 13.5. The van der Waals surface area contributed by atoms with Gasteiger partial charge in [-0.25, -0.2) is 9.78 Å². The summed E-state index contributed by atoms with van der Waals surface area (Å²) < 4.78 is 38.8. The summed E-state index contributed by atoms with van der Waals surface area (Å²) in [5.74, 6) is -2.76. The van der Waals surface area contributed by atoms with E-state index in [1.165, 1.54) is 0 Å². The van der Waals surface area contributed by atoms with Gasteiger partial charge in [-0.3, -0.25) is 0 Å². The average molecular weight is 254 g/mol. The lowest BCUT2D eigenvalue weighted by Crippen LogP contribution is -2.21. The van der Waals surface area contributed by atoms with E-state index in [2.05, 4.69) is 11.9 Å². The standard InChI is InChI=1S/C7H12N2O.C2HF3O2/c1-3-7(10-2)9-5-4-8-6-9;3-2(4,5)1(6)7/h4-7H,3H2,1-2H3;(H,6,7). The molecule has 0 aliphatic carbocycles. The molecule has 1 atom stereocenters. The van der Waals surface area contributed by atoms with Gasteiger partial charge in [-0.1, -0.05) is 6.92 Å². The van der Waals surface area contributed by atoms with E-state index in [4.69, 9.17) is 14.6 Å². The molecule has 0 spiro atoms. The van der Waals surface area contributed by atoms with Crippen LogP contribution in [0.3, 0.4) is 0 Å². The molecule has 1 unspecified atom stereocenters. The number of halogens is 3. The van der Waals surface area contributed by atoms with Gasteiger partial charge in [0.05, 0.1) is 6.33 Å². The Morgan fingerprint density at radius 2 is 2.12 bits per heavy atom. The lowest BCUT2D eigenvalue weighted by molar-refractivity contribution is -0.192. The van der Waals surface area contributed by atoms with Crippen LogP contribution in [0.2, 0.25) is 0 Å². The Balaban J connectivity index is 0.000000325. The number of aromatic nitrogens is 2. The molecule has 5 nitrogen and oxygen atoms in total. The summed E-state index contributed by atoms with van der Waals surface area (Å²) in [5, 5.41) is 7.12. The van der Waals surface area contributed by atoms with E-state index in [1.807, 2.05) is 10.8 Å². The number of carboxylic acid groups (broad SMARTS) is 1. The maximum absolute atomic E-state index is 10.6. The number of ether oxygens (including phenoxy) is 1. The summed E-state index contributed by atoms with van der Waals surface area (Å²) in [6.07, 6.45) is 1.44. The number of hydrogen-bond donors (Lipinski definition) is 1. The molecular formula is C9H13F3N2O3. The molecule has 1 rings (SSSR count). The predicted molar refractivity (Wildman–Crippen MR) is 52.3 cm³/mol. The highest BCUT2D eigenvalue weighted by Crippen LogP contribution is 2.13. The number of carbonyl (C=O) groups is 1. The summed E-state index contributed by atoms with van der Waals surface area (Å²) in [4.78, 5) is 12.8. The van der Waals surface area contributed by atoms with Crippen molar-refractivity contribution in [2.75, 3.05) is 7.11 Å². The first kappa shape index (κ1) is 15.4. The molecule has 1 N–H and O–H groups in total. The molecule has 0 aliphatic heterocycles. The summed E-state index contributed by atoms with van der Waals surface area (Å²) in [7, 11) is 1.70. The lowest BCUT2D eigenvalue weighted by atomic mass is 10.4. The fraction of sp³-hybridized carbons (Fsp3) is 0.556. The van der Waals surface area contributed by atoms with Gasteiger partial charge in [-0.05, 0) is 6.42 Å². The van der Waals surface area contributed by atoms with Crippen molar-refractivity contribution < 1.29 is 27.8 Å². The number of aliphatic carboxylic acids is 1. The van der Waals surface area contributed by atoms with Crippen molar-refractivity contribution in [3.8, 4) is 0 Å². The van der Waals surface area contributed by atoms with Crippen molar-refractivity contribution in [2.24, 2.45) is 0 Å². The van der Waals surface area contributed by atoms with Gasteiger partial charge in [0.1, 0.15) is 6.23 Å². The van der Waals surface area contributed by atoms with Crippen LogP contribution >= 0.6 is 0 Å². The molecule has 0 bridgehead atoms. The second-order valence-corrected chi connectivity index (χ2v) is 2.91. The Kier molecular flexibility index (Phi) is 6.26. The highest BCUT2D eigenvalue weighted by Gasteiger charge is 2.38. The average Bonchev–Trinajstić information content (AvgIpc) is 2.72. The summed E-state index contributed by atoms with van der Waals surface area (Å²) in [6, 6.07) is 0. The molecule has 0 amide bonds. The fourth-order valence-electron chi connectivity index (χ4n) is 0.939. The Morgan fingerprint density at radius 3 is 2.35 bits per heavy atom. The predicted octanol–water partition coefficient (Wildman–Crippen LogP) is 2.07. The molecule has 17 heavy (non-hydrogen) atoms. The monoisotopic (exact) mass is 254 g/mol. The zero-order valence-corrected chi connectivity index (χ0v) is 9.31. The minimum atomic E-state index is -5.08. The number of alkyl halides is 3. The smallest absolute Gasteiger partial charge is 0.475 e. The summed E-state index contributed by atoms with van der Waals surface area (Å²) in [5.41, 5.74) is 0. The summed E-state index contributed by atoms with van der Waals surface area (Å²) >= 11 is 0. The highest BCUT2D eigenvalue weighted by atomic mass is 19.4. The molecule has 0 radical (unpaired) electrons. The van der Waals surface area contributed by atoms with Gasteiger partial charge in [0.25, 0.3) is 0 Å². The molecule has 0 saturated carbocycles. The molecular weight excluding hydrogens is 241 g/mol. The normalized spacial score (nSPS) is 12.5. The van der Waals surface area contributed by atoms with Gasteiger partial charge in [-0.15, -0.1) is 0 Å². The SMILES string of the molecule is CCC(OC)n1ccnc1.O=C(O)C(F)(F)F. The first-order chi connectivity index (χ1) is 7.82. The van der Waals surface area contributed by atoms with Crippen molar-refractivity contribution in [2.45, 2.75) is 25.7 Å². The third kappa shape index (κ3) is 5.91. The van der Waals surface area contributed by atoms with Crippen LogP contribution in [0, 0.1) is 0 Å². The van der Waals surface area contributed by atoms with Gasteiger partial charge in [0.15, 0.2) is 0 Å². The van der Waals surface area contributed by atoms with Crippen LogP contribution in [0.4, 0.5) is 13.2 Å². The molecule has 98 valence electrons. The van der Waals surface area contributed by atoms with Crippen molar-refractivity contribution in [1.29, 1.82) is 0 Å². The second kappa shape index (κ2) is 6.89. The Hall–Kier alpha value is -1.57. The van der Waals surface area contributed by atoms with Crippen LogP contribution in [0.1, 0.15) is 19.6 Å². The van der Waals surface area contributed by atoms with Crippen LogP contribution < -0.4 is 0 Å². The third-order valence-corrected chi connectivity index (χ3v) is 1.72. The molecule has 0 saturated heterocycles. The van der Waals surface area contributed by atoms with E-state index in [9.17, 15) is 13.2 Å². The molecule has 0 aliphatic rings. The topological polar surface area (TPSA) is 64.4 Å². The van der Waals surface area contributed by atoms with Crippen molar-refractivity contribution in [3.05, 3.63) is 18.7 Å². The number of methoxy groups -OCH3 is 1. The maximum Gasteiger partial charge on any atom is 0.490 e. The van der Waals surface area contributed by atoms with Crippen LogP contribution in [0.25, 0.3) is 0 Å². The first-order valence-electron chi connectivity index (χ1n) is 4.63. The molecule has 1 aromatic heterocycles. The molecule has 0 fully saturated rings. The van der Waals surface area contributed by atoms with E-state index in [1.54, 1.807) is 19.6 Å². The van der Waals surface area contributed by atoms with Crippen LogP contribution in [0.5, 0.6) is 0 Å². The Bertz CT molecular complexity index is 321. The van der Waals surface area contributed by atoms with Gasteiger partial charge in [0.2, 0.25) is 0 Å². The fourth-order valence-corrected chi connectivity index (χ4v) is 0.939. The van der Waals surface area contributed by atoms with E-state index in [-0.39, 0.29) is 6.23 Å². The molecule has 1 aromatic rings. The number of rotatable bonds is 3. The highest BCUT2D eigenvalue weighted by molar-refractivity contribution is 5.73. The van der Waals surface area contributed by atoms with E-state index in [0.29, 0.717) is 0 Å². The van der Waals surface area contributed by atoms with Gasteiger partial charge < -0.3 is 14.4 Å². The number of hydrogen-bond acceptors (Lipinski definition) is 3. The van der Waals surface area contributed by atoms with Crippen molar-refractivity contribution in [3.63, 3.8) is 0 Å². The van der Waals surface area contributed by atoms with Crippen molar-refractivity contribution >= 4 is 5.97 Å². The molecule has 8 heteroatoms. The largest absolute Gasteiger partial charge is 0.490 e. The number of imidazole rings is 1.